The molecule has 0 spiro atoms. The number of hydrogen-bond acceptors (Lipinski definition) is 5. The maximum Gasteiger partial charge on any atom is 0.223 e. The first-order chi connectivity index (χ1) is 13.2. The number of pyridine rings is 1. The molecule has 0 saturated carbocycles. The Labute approximate surface area is 162 Å². The van der Waals surface area contributed by atoms with Crippen LogP contribution in [0.25, 0.3) is 10.6 Å². The van der Waals surface area contributed by atoms with Crippen LogP contribution in [-0.2, 0) is 24.2 Å². The highest BCUT2D eigenvalue weighted by Gasteiger charge is 2.27. The molecule has 1 unspecified atom stereocenters. The smallest absolute Gasteiger partial charge is 0.223 e. The molecule has 3 aromatic rings. The summed E-state index contributed by atoms with van der Waals surface area (Å²) in [4.78, 5) is 22.8. The van der Waals surface area contributed by atoms with Crippen LogP contribution >= 0.6 is 11.3 Å². The molecular weight excluding hydrogens is 358 g/mol. The predicted molar refractivity (Wildman–Crippen MR) is 106 cm³/mol. The van der Waals surface area contributed by atoms with E-state index in [0.29, 0.717) is 6.54 Å². The first kappa shape index (κ1) is 17.7. The Morgan fingerprint density at radius 3 is 3.00 bits per heavy atom. The quantitative estimate of drug-likeness (QED) is 0.735. The molecular formula is C21H21N3O2S. The van der Waals surface area contributed by atoms with Crippen LogP contribution in [0.4, 0.5) is 0 Å². The zero-order valence-corrected chi connectivity index (χ0v) is 16.0. The summed E-state index contributed by atoms with van der Waals surface area (Å²) in [6.07, 6.45) is 6.03. The van der Waals surface area contributed by atoms with E-state index in [1.54, 1.807) is 24.6 Å². The fourth-order valence-corrected chi connectivity index (χ4v) is 4.57. The Hall–Kier alpha value is -2.73. The molecule has 6 heteroatoms. The van der Waals surface area contributed by atoms with Gasteiger partial charge in [0.15, 0.2) is 0 Å². The summed E-state index contributed by atoms with van der Waals surface area (Å²) in [5, 5.41) is 4.06. The topological polar surface area (TPSA) is 64.1 Å². The lowest BCUT2D eigenvalue weighted by Crippen LogP contribution is -2.33. The van der Waals surface area contributed by atoms with E-state index in [1.165, 1.54) is 4.88 Å². The van der Waals surface area contributed by atoms with Crippen LogP contribution in [0, 0.1) is 5.92 Å². The number of ether oxygens (including phenoxy) is 1. The fourth-order valence-electron chi connectivity index (χ4n) is 3.39. The lowest BCUT2D eigenvalue weighted by atomic mass is 9.90. The number of nitrogens with zero attached hydrogens (tertiary/aromatic N) is 2. The molecule has 27 heavy (non-hydrogen) atoms. The van der Waals surface area contributed by atoms with Crippen LogP contribution in [0.3, 0.4) is 0 Å². The molecule has 138 valence electrons. The Morgan fingerprint density at radius 1 is 1.30 bits per heavy atom. The number of thiazole rings is 1. The molecule has 0 bridgehead atoms. The molecule has 0 aliphatic heterocycles. The van der Waals surface area contributed by atoms with E-state index in [2.05, 4.69) is 10.3 Å². The van der Waals surface area contributed by atoms with Crippen LogP contribution < -0.4 is 10.1 Å². The van der Waals surface area contributed by atoms with Crippen molar-refractivity contribution in [2.45, 2.75) is 25.8 Å². The monoisotopic (exact) mass is 379 g/mol. The van der Waals surface area contributed by atoms with Crippen molar-refractivity contribution in [1.29, 1.82) is 0 Å². The van der Waals surface area contributed by atoms with Crippen LogP contribution in [0.2, 0.25) is 0 Å². The second-order valence-corrected chi connectivity index (χ2v) is 7.68. The van der Waals surface area contributed by atoms with Gasteiger partial charge in [-0.3, -0.25) is 9.78 Å². The number of hydrogen-bond donors (Lipinski definition) is 1. The number of rotatable bonds is 5. The minimum atomic E-state index is -0.00518. The van der Waals surface area contributed by atoms with Gasteiger partial charge >= 0.3 is 0 Å². The molecule has 0 radical (unpaired) electrons. The van der Waals surface area contributed by atoms with Gasteiger partial charge in [0.2, 0.25) is 5.91 Å². The van der Waals surface area contributed by atoms with Gasteiger partial charge < -0.3 is 10.1 Å². The Kier molecular flexibility index (Phi) is 5.16. The third-order valence-corrected chi connectivity index (χ3v) is 6.03. The van der Waals surface area contributed by atoms with Crippen LogP contribution in [0.5, 0.6) is 5.75 Å². The fraction of sp³-hybridized carbons (Fsp3) is 0.286. The first-order valence-electron chi connectivity index (χ1n) is 9.03. The SMILES string of the molecule is COc1ccccc1CNC(=O)C1CCc2nc(-c3cccnc3)sc2C1. The molecule has 1 aromatic carbocycles. The number of para-hydroxylation sites is 1. The van der Waals surface area contributed by atoms with E-state index in [9.17, 15) is 4.79 Å². The average molecular weight is 379 g/mol. The number of carbonyl (C=O) groups excluding carboxylic acids is 1. The van der Waals surface area contributed by atoms with Crippen molar-refractivity contribution in [1.82, 2.24) is 15.3 Å². The lowest BCUT2D eigenvalue weighted by molar-refractivity contribution is -0.125. The van der Waals surface area contributed by atoms with Gasteiger partial charge in [0.1, 0.15) is 10.8 Å². The molecule has 1 aliphatic carbocycles. The van der Waals surface area contributed by atoms with Gasteiger partial charge in [0, 0.05) is 40.9 Å². The number of carbonyl (C=O) groups is 1. The van der Waals surface area contributed by atoms with E-state index in [-0.39, 0.29) is 11.8 Å². The van der Waals surface area contributed by atoms with E-state index >= 15 is 0 Å². The third-order valence-electron chi connectivity index (χ3n) is 4.86. The summed E-state index contributed by atoms with van der Waals surface area (Å²) < 4.78 is 5.35. The van der Waals surface area contributed by atoms with Gasteiger partial charge in [-0.05, 0) is 37.5 Å². The summed E-state index contributed by atoms with van der Waals surface area (Å²) in [5.41, 5.74) is 3.16. The largest absolute Gasteiger partial charge is 0.496 e. The predicted octanol–water partition coefficient (Wildman–Crippen LogP) is 3.64. The van der Waals surface area contributed by atoms with Crippen molar-refractivity contribution in [3.8, 4) is 16.3 Å². The Balaban J connectivity index is 1.42. The van der Waals surface area contributed by atoms with E-state index < -0.39 is 0 Å². The van der Waals surface area contributed by atoms with Crippen molar-refractivity contribution in [3.05, 3.63) is 64.9 Å². The van der Waals surface area contributed by atoms with E-state index in [1.807, 2.05) is 42.6 Å². The summed E-state index contributed by atoms with van der Waals surface area (Å²) in [5.74, 6) is 0.893. The summed E-state index contributed by atoms with van der Waals surface area (Å²) >= 11 is 1.68. The number of aromatic nitrogens is 2. The number of amides is 1. The van der Waals surface area contributed by atoms with Crippen molar-refractivity contribution in [2.24, 2.45) is 5.92 Å². The van der Waals surface area contributed by atoms with Gasteiger partial charge in [-0.25, -0.2) is 4.98 Å². The summed E-state index contributed by atoms with van der Waals surface area (Å²) in [7, 11) is 1.65. The number of methoxy groups -OCH3 is 1. The zero-order valence-electron chi connectivity index (χ0n) is 15.1. The molecule has 5 nitrogen and oxygen atoms in total. The van der Waals surface area contributed by atoms with Gasteiger partial charge in [-0.15, -0.1) is 11.3 Å². The van der Waals surface area contributed by atoms with Crippen molar-refractivity contribution in [3.63, 3.8) is 0 Å². The van der Waals surface area contributed by atoms with Crippen LogP contribution in [-0.4, -0.2) is 23.0 Å². The summed E-state index contributed by atoms with van der Waals surface area (Å²) in [6.45, 7) is 0.482. The highest BCUT2D eigenvalue weighted by atomic mass is 32.1. The number of nitrogens with one attached hydrogen (secondary N) is 1. The second kappa shape index (κ2) is 7.88. The second-order valence-electron chi connectivity index (χ2n) is 6.60. The number of fused-ring (bicyclic) bond motifs is 1. The Morgan fingerprint density at radius 2 is 2.19 bits per heavy atom. The molecule has 1 atom stereocenters. The molecule has 2 aromatic heterocycles. The summed E-state index contributed by atoms with van der Waals surface area (Å²) in [6, 6.07) is 11.7. The molecule has 1 aliphatic rings. The molecule has 0 fully saturated rings. The van der Waals surface area contributed by atoms with E-state index in [0.717, 1.165) is 46.8 Å². The Bertz CT molecular complexity index is 940. The van der Waals surface area contributed by atoms with Crippen molar-refractivity contribution < 1.29 is 9.53 Å². The zero-order chi connectivity index (χ0) is 18.6. The number of benzene rings is 1. The lowest BCUT2D eigenvalue weighted by Gasteiger charge is -2.20. The standard InChI is InChI=1S/C21H21N3O2S/c1-26-18-7-3-2-5-15(18)13-23-20(25)14-8-9-17-19(11-14)27-21(24-17)16-6-4-10-22-12-16/h2-7,10,12,14H,8-9,11,13H2,1H3,(H,23,25). The first-order valence-corrected chi connectivity index (χ1v) is 9.85. The molecule has 0 saturated heterocycles. The maximum atomic E-state index is 12.7. The minimum Gasteiger partial charge on any atom is -0.496 e. The van der Waals surface area contributed by atoms with Crippen LogP contribution in [0.1, 0.15) is 22.6 Å². The third kappa shape index (κ3) is 3.85. The van der Waals surface area contributed by atoms with Crippen LogP contribution in [0.15, 0.2) is 48.8 Å². The van der Waals surface area contributed by atoms with Gasteiger partial charge in [-0.1, -0.05) is 18.2 Å². The van der Waals surface area contributed by atoms with Crippen molar-refractivity contribution in [2.75, 3.05) is 7.11 Å². The average Bonchev–Trinajstić information content (AvgIpc) is 3.16. The number of aryl methyl sites for hydroxylation is 1. The maximum absolute atomic E-state index is 12.7. The highest BCUT2D eigenvalue weighted by Crippen LogP contribution is 2.34. The molecule has 2 heterocycles. The van der Waals surface area contributed by atoms with Gasteiger partial charge in [0.05, 0.1) is 12.8 Å². The van der Waals surface area contributed by atoms with Gasteiger partial charge in [-0.2, -0.15) is 0 Å². The normalized spacial score (nSPS) is 15.8. The van der Waals surface area contributed by atoms with E-state index in [4.69, 9.17) is 9.72 Å². The minimum absolute atomic E-state index is 0.00518. The van der Waals surface area contributed by atoms with Gasteiger partial charge in [0.25, 0.3) is 0 Å². The van der Waals surface area contributed by atoms with Crippen molar-refractivity contribution >= 4 is 17.2 Å². The molecule has 1 amide bonds. The molecule has 4 rings (SSSR count). The molecule has 1 N–H and O–H groups in total. The highest BCUT2D eigenvalue weighted by molar-refractivity contribution is 7.15.